The highest BCUT2D eigenvalue weighted by Crippen LogP contribution is 2.27. The number of nitrogens with zero attached hydrogens (tertiary/aromatic N) is 1. The number of carbonyl (C=O) groups is 2. The fraction of sp³-hybridized carbons (Fsp3) is 0.355. The Balaban J connectivity index is 0.000000383. The van der Waals surface area contributed by atoms with E-state index in [1.165, 1.54) is 52.7 Å². The van der Waals surface area contributed by atoms with Crippen LogP contribution >= 0.6 is 24.2 Å². The van der Waals surface area contributed by atoms with Gasteiger partial charge in [0.1, 0.15) is 17.2 Å². The van der Waals surface area contributed by atoms with Gasteiger partial charge in [0.05, 0.1) is 12.6 Å². The summed E-state index contributed by atoms with van der Waals surface area (Å²) in [6.45, 7) is 5.97. The number of ether oxygens (including phenoxy) is 1. The predicted molar refractivity (Wildman–Crippen MR) is 171 cm³/mol. The molecule has 1 saturated heterocycles. The zero-order chi connectivity index (χ0) is 30.6. The number of benzene rings is 3. The largest absolute Gasteiger partial charge is 0.760 e. The zero-order valence-corrected chi connectivity index (χ0v) is 26.8. The van der Waals surface area contributed by atoms with E-state index in [1.54, 1.807) is 13.8 Å². The molecule has 0 radical (unpaired) electrons. The molecule has 1 fully saturated rings. The molecule has 0 bridgehead atoms. The van der Waals surface area contributed by atoms with Crippen LogP contribution in [-0.2, 0) is 25.6 Å². The molecule has 8 nitrogen and oxygen atoms in total. The molecule has 1 aliphatic heterocycles. The molecule has 1 aliphatic rings. The average Bonchev–Trinajstić information content (AvgIpc) is 3.49. The molecule has 0 spiro atoms. The molecule has 4 atom stereocenters. The van der Waals surface area contributed by atoms with Gasteiger partial charge in [0, 0.05) is 30.0 Å². The standard InChI is InChI=1S/C18H26FN3O5S2.C13H12.ClH/c1-11(2)15(20)18(24)27-9-7-14(12-3-5-13(19)6-4-12)21-16(23)17-22(29(25)26)8-10-28-17;1-11-7-9-13(10-8-11)12-5-3-2-4-6-12;/h3-6,11,14-15,17H,7-10,20H2,1-2H3,(H,21,23)(H,25,26);2-10H,1H3;1H/p-1/t14-,15-,17-;;/m0../s1. The van der Waals surface area contributed by atoms with Crippen molar-refractivity contribution < 1.29 is 27.5 Å². The van der Waals surface area contributed by atoms with E-state index in [4.69, 9.17) is 10.5 Å². The summed E-state index contributed by atoms with van der Waals surface area (Å²) in [6.07, 6.45) is 0.228. The Kier molecular flexibility index (Phi) is 15.3. The van der Waals surface area contributed by atoms with Gasteiger partial charge in [-0.1, -0.05) is 86.1 Å². The molecule has 4 rings (SSSR count). The first-order valence-corrected chi connectivity index (χ1v) is 15.7. The van der Waals surface area contributed by atoms with Gasteiger partial charge in [-0.3, -0.25) is 13.8 Å². The van der Waals surface area contributed by atoms with E-state index in [-0.39, 0.29) is 37.9 Å². The van der Waals surface area contributed by atoms with Crippen LogP contribution in [0, 0.1) is 18.7 Å². The van der Waals surface area contributed by atoms with Gasteiger partial charge in [0.25, 0.3) is 0 Å². The van der Waals surface area contributed by atoms with Crippen molar-refractivity contribution in [2.24, 2.45) is 11.7 Å². The summed E-state index contributed by atoms with van der Waals surface area (Å²) < 4.78 is 42.1. The van der Waals surface area contributed by atoms with Crippen molar-refractivity contribution >= 4 is 47.3 Å². The summed E-state index contributed by atoms with van der Waals surface area (Å²) in [5, 5.41) is 1.92. The lowest BCUT2D eigenvalue weighted by molar-refractivity contribution is -0.146. The third-order valence-corrected chi connectivity index (χ3v) is 8.77. The van der Waals surface area contributed by atoms with Crippen LogP contribution in [0.5, 0.6) is 0 Å². The van der Waals surface area contributed by atoms with Gasteiger partial charge in [-0.05, 0) is 41.7 Å². The molecule has 1 amide bonds. The van der Waals surface area contributed by atoms with Crippen LogP contribution in [0.4, 0.5) is 4.39 Å². The number of halogens is 2. The summed E-state index contributed by atoms with van der Waals surface area (Å²) in [5.41, 5.74) is 10.2. The maximum atomic E-state index is 13.3. The molecule has 12 heteroatoms. The molecule has 3 aromatic rings. The average molecular weight is 651 g/mol. The zero-order valence-electron chi connectivity index (χ0n) is 24.3. The molecular weight excluding hydrogens is 613 g/mol. The molecule has 0 aromatic heterocycles. The normalized spacial score (nSPS) is 16.7. The number of amides is 1. The highest BCUT2D eigenvalue weighted by molar-refractivity contribution is 8.01. The molecule has 234 valence electrons. The minimum Gasteiger partial charge on any atom is -0.760 e. The highest BCUT2D eigenvalue weighted by Gasteiger charge is 2.33. The van der Waals surface area contributed by atoms with Crippen LogP contribution in [0.2, 0.25) is 0 Å². The quantitative estimate of drug-likeness (QED) is 0.230. The van der Waals surface area contributed by atoms with E-state index in [2.05, 4.69) is 60.8 Å². The first kappa shape index (κ1) is 36.4. The number of thioether (sulfide) groups is 1. The topological polar surface area (TPSA) is 125 Å². The lowest BCUT2D eigenvalue weighted by Gasteiger charge is -2.27. The SMILES string of the molecule is CC(C)[C@H](N)C(=O)OCC[C@H](NC(=O)[C@@H]1SCCN1S(=O)[O-])c1ccc(F)cc1.Cc1ccc(-c2ccccc2)cc1.Cl. The van der Waals surface area contributed by atoms with Crippen molar-refractivity contribution in [1.82, 2.24) is 9.62 Å². The summed E-state index contributed by atoms with van der Waals surface area (Å²) in [5.74, 6) is -1.00. The number of nitrogens with two attached hydrogens (primary N) is 1. The summed E-state index contributed by atoms with van der Waals surface area (Å²) in [4.78, 5) is 24.6. The molecule has 3 N–H and O–H groups in total. The number of aryl methyl sites for hydroxylation is 1. The predicted octanol–water partition coefficient (Wildman–Crippen LogP) is 5.15. The monoisotopic (exact) mass is 650 g/mol. The Labute approximate surface area is 265 Å². The van der Waals surface area contributed by atoms with Crippen LogP contribution in [-0.4, -0.2) is 55.3 Å². The number of rotatable bonds is 10. The second-order valence-electron chi connectivity index (χ2n) is 10.2. The second kappa shape index (κ2) is 18.1. The highest BCUT2D eigenvalue weighted by atomic mass is 35.5. The lowest BCUT2D eigenvalue weighted by atomic mass is 10.0. The molecule has 0 aliphatic carbocycles. The van der Waals surface area contributed by atoms with Gasteiger partial charge in [-0.15, -0.1) is 24.2 Å². The number of esters is 1. The molecule has 0 saturated carbocycles. The van der Waals surface area contributed by atoms with E-state index >= 15 is 0 Å². The van der Waals surface area contributed by atoms with Crippen LogP contribution in [0.25, 0.3) is 11.1 Å². The van der Waals surface area contributed by atoms with Gasteiger partial charge < -0.3 is 20.3 Å². The first-order valence-electron chi connectivity index (χ1n) is 13.6. The molecule has 3 aromatic carbocycles. The third-order valence-electron chi connectivity index (χ3n) is 6.65. The maximum Gasteiger partial charge on any atom is 0.323 e. The van der Waals surface area contributed by atoms with Crippen molar-refractivity contribution in [2.75, 3.05) is 18.9 Å². The number of nitrogens with one attached hydrogen (secondary N) is 1. The number of carbonyl (C=O) groups excluding carboxylic acids is 2. The summed E-state index contributed by atoms with van der Waals surface area (Å²) >= 11 is -1.29. The smallest absolute Gasteiger partial charge is 0.323 e. The molecular formula is C31H38ClFN3O5S2-. The molecule has 43 heavy (non-hydrogen) atoms. The third kappa shape index (κ3) is 11.3. The van der Waals surface area contributed by atoms with Crippen LogP contribution in [0.3, 0.4) is 0 Å². The lowest BCUT2D eigenvalue weighted by Crippen LogP contribution is -2.44. The second-order valence-corrected chi connectivity index (χ2v) is 12.2. The molecule has 1 heterocycles. The molecule has 1 unspecified atom stereocenters. The van der Waals surface area contributed by atoms with Crippen molar-refractivity contribution in [3.05, 3.63) is 95.8 Å². The summed E-state index contributed by atoms with van der Waals surface area (Å²) in [7, 11) is 0. The number of hydrogen-bond donors (Lipinski definition) is 2. The van der Waals surface area contributed by atoms with E-state index in [9.17, 15) is 22.7 Å². The van der Waals surface area contributed by atoms with Crippen LogP contribution in [0.1, 0.15) is 37.4 Å². The van der Waals surface area contributed by atoms with Crippen molar-refractivity contribution in [3.8, 4) is 11.1 Å². The van der Waals surface area contributed by atoms with E-state index in [0.717, 1.165) is 4.31 Å². The Morgan fingerprint density at radius 1 is 1.07 bits per heavy atom. The van der Waals surface area contributed by atoms with Gasteiger partial charge in [0.2, 0.25) is 5.91 Å². The van der Waals surface area contributed by atoms with Crippen LogP contribution < -0.4 is 11.1 Å². The first-order chi connectivity index (χ1) is 20.1. The minimum atomic E-state index is -2.51. The van der Waals surface area contributed by atoms with E-state index in [0.29, 0.717) is 11.3 Å². The van der Waals surface area contributed by atoms with Gasteiger partial charge in [-0.25, -0.2) is 8.70 Å². The van der Waals surface area contributed by atoms with Gasteiger partial charge in [-0.2, -0.15) is 0 Å². The Morgan fingerprint density at radius 3 is 2.26 bits per heavy atom. The van der Waals surface area contributed by atoms with Gasteiger partial charge >= 0.3 is 5.97 Å². The maximum absolute atomic E-state index is 13.3. The minimum absolute atomic E-state index is 0. The fourth-order valence-corrected chi connectivity index (χ4v) is 6.11. The Morgan fingerprint density at radius 2 is 1.67 bits per heavy atom. The number of hydrogen-bond acceptors (Lipinski definition) is 7. The Bertz CT molecular complexity index is 1320. The Hall–Kier alpha value is -2.80. The van der Waals surface area contributed by atoms with Crippen molar-refractivity contribution in [2.45, 2.75) is 44.6 Å². The van der Waals surface area contributed by atoms with Gasteiger partial charge in [0.15, 0.2) is 0 Å². The van der Waals surface area contributed by atoms with Crippen LogP contribution in [0.15, 0.2) is 78.9 Å². The summed E-state index contributed by atoms with van der Waals surface area (Å²) in [6, 6.07) is 23.3. The fourth-order valence-electron chi connectivity index (χ4n) is 4.10. The van der Waals surface area contributed by atoms with E-state index < -0.39 is 46.4 Å². The van der Waals surface area contributed by atoms with E-state index in [1.807, 2.05) is 6.07 Å². The van der Waals surface area contributed by atoms with Crippen molar-refractivity contribution in [3.63, 3.8) is 0 Å². The van der Waals surface area contributed by atoms with Crippen molar-refractivity contribution in [1.29, 1.82) is 0 Å².